The van der Waals surface area contributed by atoms with Crippen molar-refractivity contribution in [3.05, 3.63) is 132 Å². The summed E-state index contributed by atoms with van der Waals surface area (Å²) in [6, 6.07) is 31.7. The van der Waals surface area contributed by atoms with Crippen molar-refractivity contribution in [3.8, 4) is 11.5 Å². The number of carbonyl (C=O) groups is 1. The Hall–Kier alpha value is -5.23. The van der Waals surface area contributed by atoms with E-state index in [-0.39, 0.29) is 31.3 Å². The molecule has 3 heterocycles. The summed E-state index contributed by atoms with van der Waals surface area (Å²) in [5.41, 5.74) is 9.07. The topological polar surface area (TPSA) is 176 Å². The third-order valence-electron chi connectivity index (χ3n) is 12.0. The fraction of sp³-hybridized carbons (Fsp3) is 0.426. The number of piperazine rings is 2. The molecule has 2 aliphatic heterocycles. The second-order valence-corrected chi connectivity index (χ2v) is 20.8. The number of rotatable bonds is 20. The van der Waals surface area contributed by atoms with Gasteiger partial charge in [-0.1, -0.05) is 72.8 Å². The van der Waals surface area contributed by atoms with Crippen LogP contribution < -0.4 is 14.3 Å². The first-order valence-corrected chi connectivity index (χ1v) is 25.3. The Morgan fingerprint density at radius 3 is 1.43 bits per heavy atom. The van der Waals surface area contributed by atoms with Crippen LogP contribution in [0.2, 0.25) is 0 Å². The van der Waals surface area contributed by atoms with Gasteiger partial charge in [-0.25, -0.2) is 0 Å². The Balaban J connectivity index is 0.000000226. The van der Waals surface area contributed by atoms with E-state index >= 15 is 0 Å². The van der Waals surface area contributed by atoms with Crippen LogP contribution in [0.1, 0.15) is 33.8 Å². The van der Waals surface area contributed by atoms with Gasteiger partial charge in [0, 0.05) is 104 Å². The number of Topliss-reactive ketones (excluding diaryl/α,β-unsaturated/α-hetero) is 1. The third kappa shape index (κ3) is 14.2. The molecule has 5 aromatic rings. The molecule has 2 saturated heterocycles. The molecule has 7 rings (SSSR count). The van der Waals surface area contributed by atoms with Gasteiger partial charge in [-0.05, 0) is 61.6 Å². The summed E-state index contributed by atoms with van der Waals surface area (Å²) < 4.78 is 90.4. The number of benzene rings is 4. The molecule has 4 aromatic carbocycles. The van der Waals surface area contributed by atoms with Crippen molar-refractivity contribution in [2.75, 3.05) is 122 Å². The number of para-hydroxylation sites is 2. The minimum atomic E-state index is -3.83. The fourth-order valence-electron chi connectivity index (χ4n) is 7.51. The van der Waals surface area contributed by atoms with E-state index in [0.717, 1.165) is 57.9 Å². The molecular formula is C47H63F2N11O6S2. The van der Waals surface area contributed by atoms with Gasteiger partial charge in [-0.2, -0.15) is 34.2 Å². The van der Waals surface area contributed by atoms with E-state index < -0.39 is 32.7 Å². The Morgan fingerprint density at radius 2 is 1.04 bits per heavy atom. The van der Waals surface area contributed by atoms with Crippen molar-refractivity contribution in [1.29, 1.82) is 0 Å². The molecule has 0 atom stereocenters. The van der Waals surface area contributed by atoms with Crippen molar-refractivity contribution >= 4 is 37.6 Å². The summed E-state index contributed by atoms with van der Waals surface area (Å²) in [5, 5.41) is 7.00. The summed E-state index contributed by atoms with van der Waals surface area (Å²) in [4.78, 5) is 20.9. The number of hydrogen-bond donors (Lipinski definition) is 1. The number of ketones is 1. The minimum absolute atomic E-state index is 0.0203. The van der Waals surface area contributed by atoms with Gasteiger partial charge in [0.15, 0.2) is 5.78 Å². The van der Waals surface area contributed by atoms with E-state index in [1.165, 1.54) is 17.2 Å². The Morgan fingerprint density at radius 1 is 0.632 bits per heavy atom. The predicted octanol–water partition coefficient (Wildman–Crippen LogP) is 4.36. The van der Waals surface area contributed by atoms with E-state index in [1.54, 1.807) is 99.0 Å². The van der Waals surface area contributed by atoms with E-state index in [1.807, 2.05) is 24.3 Å². The molecule has 0 amide bonds. The first kappa shape index (κ1) is 52.1. The molecule has 2 N–H and O–H groups in total. The zero-order valence-corrected chi connectivity index (χ0v) is 40.8. The number of likely N-dealkylation sites (N-methyl/N-ethyl adjacent to an activating group) is 4. The number of alkyl halides is 2. The Kier molecular flexibility index (Phi) is 18.7. The lowest BCUT2D eigenvalue weighted by Gasteiger charge is -2.34. The highest BCUT2D eigenvalue weighted by Gasteiger charge is 2.30. The lowest BCUT2D eigenvalue weighted by Crippen LogP contribution is -2.49. The van der Waals surface area contributed by atoms with Crippen molar-refractivity contribution in [1.82, 2.24) is 38.4 Å². The molecule has 21 heteroatoms. The number of nitrogens with two attached hydrogens (primary N) is 1. The lowest BCUT2D eigenvalue weighted by atomic mass is 10.1. The third-order valence-corrected chi connectivity index (χ3v) is 15.8. The highest BCUT2D eigenvalue weighted by Crippen LogP contribution is 2.27. The first-order chi connectivity index (χ1) is 32.5. The standard InChI is InChI=1S/C24H30F2N6O3S.C23H33N5O3S/c1-29-12-15-31(16-13-29)17-14-30(2)36(33,34)32(21-6-4-3-5-7-21)18-19-8-10-20(11-9-19)23-27-28-24(35-23)22(25)26;1-25-12-15-27(16-13-25)17-14-26(2)32(30,31)28(22-6-4-3-5-7-22)19-20-8-10-21(11-9-20)23(29)18-24/h3-11,22H,12-18H2,1-2H3;3-11H,12-19,24H2,1-2H3. The molecule has 0 aliphatic carbocycles. The maximum atomic E-state index is 13.6. The van der Waals surface area contributed by atoms with Gasteiger partial charge < -0.3 is 20.0 Å². The monoisotopic (exact) mass is 979 g/mol. The van der Waals surface area contributed by atoms with Gasteiger partial charge in [-0.3, -0.25) is 23.2 Å². The maximum absolute atomic E-state index is 13.6. The van der Waals surface area contributed by atoms with Gasteiger partial charge in [-0.15, -0.1) is 10.2 Å². The number of carbonyl (C=O) groups excluding carboxylic acids is 1. The second-order valence-electron chi connectivity index (χ2n) is 16.9. The molecule has 17 nitrogen and oxygen atoms in total. The van der Waals surface area contributed by atoms with Crippen LogP contribution in [0.5, 0.6) is 0 Å². The smallest absolute Gasteiger partial charge is 0.314 e. The minimum Gasteiger partial charge on any atom is -0.415 e. The second kappa shape index (κ2) is 24.4. The molecule has 2 fully saturated rings. The van der Waals surface area contributed by atoms with E-state index in [9.17, 15) is 30.4 Å². The van der Waals surface area contributed by atoms with Crippen LogP contribution in [-0.2, 0) is 33.5 Å². The molecule has 2 aliphatic rings. The SMILES string of the molecule is CN1CCN(CCN(C)S(=O)(=O)N(Cc2ccc(-c3nnc(C(F)F)o3)cc2)c2ccccc2)CC1.CN1CCN(CCN(C)S(=O)(=O)N(Cc2ccc(C(=O)CN)cc2)c2ccccc2)CC1. The Labute approximate surface area is 399 Å². The zero-order chi connectivity index (χ0) is 48.8. The first-order valence-electron chi connectivity index (χ1n) is 22.5. The normalized spacial score (nSPS) is 15.7. The highest BCUT2D eigenvalue weighted by atomic mass is 32.2. The molecular weight excluding hydrogens is 917 g/mol. The van der Waals surface area contributed by atoms with Gasteiger partial charge in [0.2, 0.25) is 5.89 Å². The van der Waals surface area contributed by atoms with Crippen molar-refractivity contribution in [3.63, 3.8) is 0 Å². The summed E-state index contributed by atoms with van der Waals surface area (Å²) in [7, 11) is -0.167. The van der Waals surface area contributed by atoms with Crippen LogP contribution >= 0.6 is 0 Å². The molecule has 1 aromatic heterocycles. The van der Waals surface area contributed by atoms with Crippen LogP contribution in [0, 0.1) is 0 Å². The quantitative estimate of drug-likeness (QED) is 0.109. The number of nitrogens with zero attached hydrogens (tertiary/aromatic N) is 10. The molecule has 0 spiro atoms. The number of aromatic nitrogens is 2. The largest absolute Gasteiger partial charge is 0.415 e. The summed E-state index contributed by atoms with van der Waals surface area (Å²) in [6.07, 6.45) is -2.84. The van der Waals surface area contributed by atoms with Crippen molar-refractivity contribution in [2.24, 2.45) is 5.73 Å². The number of halogens is 2. The van der Waals surface area contributed by atoms with Gasteiger partial charge in [0.1, 0.15) is 0 Å². The van der Waals surface area contributed by atoms with E-state index in [2.05, 4.69) is 43.9 Å². The molecule has 0 radical (unpaired) electrons. The van der Waals surface area contributed by atoms with Gasteiger partial charge in [0.05, 0.1) is 31.0 Å². The summed E-state index contributed by atoms with van der Waals surface area (Å²) in [6.45, 7) is 10.00. The van der Waals surface area contributed by atoms with Gasteiger partial charge in [0.25, 0.3) is 5.89 Å². The molecule has 0 unspecified atom stereocenters. The lowest BCUT2D eigenvalue weighted by molar-refractivity contribution is 0.100. The zero-order valence-electron chi connectivity index (χ0n) is 39.1. The van der Waals surface area contributed by atoms with Crippen molar-refractivity contribution in [2.45, 2.75) is 19.5 Å². The molecule has 68 heavy (non-hydrogen) atoms. The Bertz CT molecular complexity index is 2550. The van der Waals surface area contributed by atoms with Crippen molar-refractivity contribution < 1.29 is 34.8 Å². The number of hydrogen-bond acceptors (Lipinski definition) is 13. The van der Waals surface area contributed by atoms with Gasteiger partial charge >= 0.3 is 26.8 Å². The van der Waals surface area contributed by atoms with E-state index in [4.69, 9.17) is 10.2 Å². The molecule has 0 saturated carbocycles. The predicted molar refractivity (Wildman–Crippen MR) is 261 cm³/mol. The molecule has 368 valence electrons. The van der Waals surface area contributed by atoms with Crippen LogP contribution in [0.25, 0.3) is 11.5 Å². The summed E-state index contributed by atoms with van der Waals surface area (Å²) >= 11 is 0. The van der Waals surface area contributed by atoms with E-state index in [0.29, 0.717) is 54.2 Å². The van der Waals surface area contributed by atoms with Crippen LogP contribution in [0.15, 0.2) is 114 Å². The highest BCUT2D eigenvalue weighted by molar-refractivity contribution is 7.90. The fourth-order valence-corrected chi connectivity index (χ4v) is 10.2. The van der Waals surface area contributed by atoms with Crippen LogP contribution in [-0.4, -0.2) is 174 Å². The molecule has 0 bridgehead atoms. The van der Waals surface area contributed by atoms with Crippen LogP contribution in [0.4, 0.5) is 20.2 Å². The van der Waals surface area contributed by atoms with Crippen LogP contribution in [0.3, 0.4) is 0 Å². The average molecular weight is 980 g/mol. The number of anilines is 2. The summed E-state index contributed by atoms with van der Waals surface area (Å²) in [5.74, 6) is -0.907. The average Bonchev–Trinajstić information content (AvgIpc) is 3.86. The maximum Gasteiger partial charge on any atom is 0.314 e.